The minimum absolute atomic E-state index is 0.0831. The van der Waals surface area contributed by atoms with E-state index in [1.165, 1.54) is 30.2 Å². The Hall–Kier alpha value is -2.34. The number of carbonyl (C=O) groups is 2. The molecular weight excluding hydrogens is 364 g/mol. The number of hydrogen-bond acceptors (Lipinski definition) is 3. The fourth-order valence-corrected chi connectivity index (χ4v) is 5.28. The maximum Gasteiger partial charge on any atom is 0.245 e. The summed E-state index contributed by atoms with van der Waals surface area (Å²) in [4.78, 5) is 35.8. The van der Waals surface area contributed by atoms with Crippen LogP contribution in [0.25, 0.3) is 10.9 Å². The highest BCUT2D eigenvalue weighted by atomic mass is 16.2. The Kier molecular flexibility index (Phi) is 5.04. The number of fused-ring (bicyclic) bond motifs is 4. The quantitative estimate of drug-likeness (QED) is 0.870. The van der Waals surface area contributed by atoms with Crippen molar-refractivity contribution in [3.05, 3.63) is 35.5 Å². The lowest BCUT2D eigenvalue weighted by Gasteiger charge is -2.42. The molecule has 3 aliphatic heterocycles. The number of benzene rings is 1. The molecule has 5 rings (SSSR count). The second kappa shape index (κ2) is 7.82. The van der Waals surface area contributed by atoms with E-state index in [0.29, 0.717) is 13.1 Å². The van der Waals surface area contributed by atoms with Crippen molar-refractivity contribution in [1.29, 1.82) is 0 Å². The number of amides is 2. The first-order chi connectivity index (χ1) is 14.2. The SMILES string of the molecule is O=C1C2CCCc3c([nH]c4ccccc34)CN2C(=O)CN1CCN1CCCCC1. The van der Waals surface area contributed by atoms with E-state index in [9.17, 15) is 9.59 Å². The number of likely N-dealkylation sites (tertiary alicyclic amines) is 1. The van der Waals surface area contributed by atoms with Gasteiger partial charge in [-0.15, -0.1) is 0 Å². The zero-order valence-electron chi connectivity index (χ0n) is 17.0. The molecule has 0 saturated carbocycles. The monoisotopic (exact) mass is 394 g/mol. The molecule has 6 nitrogen and oxygen atoms in total. The van der Waals surface area contributed by atoms with Crippen molar-refractivity contribution in [3.8, 4) is 0 Å². The summed E-state index contributed by atoms with van der Waals surface area (Å²) in [6.45, 7) is 4.53. The molecule has 2 amide bonds. The van der Waals surface area contributed by atoms with Gasteiger partial charge in [0.05, 0.1) is 13.1 Å². The highest BCUT2D eigenvalue weighted by molar-refractivity contribution is 5.95. The summed E-state index contributed by atoms with van der Waals surface area (Å²) in [5.74, 6) is 0.223. The second-order valence-corrected chi connectivity index (χ2v) is 8.72. The zero-order valence-corrected chi connectivity index (χ0v) is 17.0. The third-order valence-electron chi connectivity index (χ3n) is 6.89. The molecule has 154 valence electrons. The third-order valence-corrected chi connectivity index (χ3v) is 6.89. The van der Waals surface area contributed by atoms with E-state index in [1.807, 2.05) is 15.9 Å². The Morgan fingerprint density at radius 2 is 1.79 bits per heavy atom. The summed E-state index contributed by atoms with van der Waals surface area (Å²) >= 11 is 0. The summed E-state index contributed by atoms with van der Waals surface area (Å²) in [5, 5.41) is 1.25. The summed E-state index contributed by atoms with van der Waals surface area (Å²) in [7, 11) is 0. The number of rotatable bonds is 3. The highest BCUT2D eigenvalue weighted by Gasteiger charge is 2.40. The molecule has 3 aliphatic rings. The predicted molar refractivity (Wildman–Crippen MR) is 112 cm³/mol. The molecule has 0 radical (unpaired) electrons. The van der Waals surface area contributed by atoms with Crippen molar-refractivity contribution < 1.29 is 9.59 Å². The van der Waals surface area contributed by atoms with Crippen LogP contribution in [0.1, 0.15) is 43.4 Å². The van der Waals surface area contributed by atoms with Crippen LogP contribution < -0.4 is 0 Å². The van der Waals surface area contributed by atoms with Crippen LogP contribution in [0.15, 0.2) is 24.3 Å². The number of piperidine rings is 1. The van der Waals surface area contributed by atoms with E-state index in [1.54, 1.807) is 0 Å². The number of para-hydroxylation sites is 1. The van der Waals surface area contributed by atoms with Crippen molar-refractivity contribution in [1.82, 2.24) is 19.7 Å². The Balaban J connectivity index is 1.33. The standard InChI is InChI=1S/C23H30N4O2/c28-22-16-26(14-13-25-11-4-1-5-12-25)23(29)21-10-6-8-18-17-7-2-3-9-19(17)24-20(18)15-27(21)22/h2-3,7,9,21,24H,1,4-6,8,10-16H2. The topological polar surface area (TPSA) is 59.7 Å². The Bertz CT molecular complexity index is 915. The Morgan fingerprint density at radius 3 is 2.66 bits per heavy atom. The molecular formula is C23H30N4O2. The molecule has 29 heavy (non-hydrogen) atoms. The summed E-state index contributed by atoms with van der Waals surface area (Å²) in [5.41, 5.74) is 3.53. The van der Waals surface area contributed by atoms with Gasteiger partial charge >= 0.3 is 0 Å². The van der Waals surface area contributed by atoms with Crippen LogP contribution in [0.3, 0.4) is 0 Å². The van der Waals surface area contributed by atoms with Gasteiger partial charge in [-0.2, -0.15) is 0 Å². The van der Waals surface area contributed by atoms with Gasteiger partial charge in [0, 0.05) is 29.7 Å². The first kappa shape index (κ1) is 18.7. The first-order valence-corrected chi connectivity index (χ1v) is 11.1. The van der Waals surface area contributed by atoms with Gasteiger partial charge < -0.3 is 19.7 Å². The van der Waals surface area contributed by atoms with Crippen LogP contribution in [0.5, 0.6) is 0 Å². The van der Waals surface area contributed by atoms with Gasteiger partial charge in [0.1, 0.15) is 6.04 Å². The van der Waals surface area contributed by atoms with Gasteiger partial charge in [-0.25, -0.2) is 0 Å². The van der Waals surface area contributed by atoms with E-state index in [0.717, 1.165) is 50.1 Å². The summed E-state index contributed by atoms with van der Waals surface area (Å²) in [6, 6.07) is 8.02. The third kappa shape index (κ3) is 3.54. The lowest BCUT2D eigenvalue weighted by atomic mass is 9.95. The molecule has 1 atom stereocenters. The normalized spacial score (nSPS) is 23.7. The summed E-state index contributed by atoms with van der Waals surface area (Å²) in [6.07, 6.45) is 6.44. The van der Waals surface area contributed by atoms with Crippen molar-refractivity contribution in [2.24, 2.45) is 0 Å². The number of H-pyrrole nitrogens is 1. The molecule has 0 spiro atoms. The largest absolute Gasteiger partial charge is 0.357 e. The number of nitrogens with one attached hydrogen (secondary N) is 1. The van der Waals surface area contributed by atoms with Crippen LogP contribution in [0.2, 0.25) is 0 Å². The van der Waals surface area contributed by atoms with Crippen molar-refractivity contribution in [2.45, 2.75) is 51.1 Å². The molecule has 0 aliphatic carbocycles. The van der Waals surface area contributed by atoms with E-state index in [4.69, 9.17) is 0 Å². The molecule has 1 N–H and O–H groups in total. The molecule has 1 aromatic heterocycles. The van der Waals surface area contributed by atoms with Crippen molar-refractivity contribution in [2.75, 3.05) is 32.7 Å². The van der Waals surface area contributed by atoms with Crippen molar-refractivity contribution in [3.63, 3.8) is 0 Å². The van der Waals surface area contributed by atoms with Crippen LogP contribution in [-0.4, -0.2) is 70.3 Å². The fourth-order valence-electron chi connectivity index (χ4n) is 5.28. The minimum Gasteiger partial charge on any atom is -0.357 e. The van der Waals surface area contributed by atoms with Crippen LogP contribution >= 0.6 is 0 Å². The maximum absolute atomic E-state index is 13.2. The maximum atomic E-state index is 13.2. The number of carbonyl (C=O) groups excluding carboxylic acids is 2. The first-order valence-electron chi connectivity index (χ1n) is 11.1. The molecule has 2 fully saturated rings. The highest BCUT2D eigenvalue weighted by Crippen LogP contribution is 2.30. The Labute approximate surface area is 171 Å². The second-order valence-electron chi connectivity index (χ2n) is 8.72. The number of nitrogens with zero attached hydrogens (tertiary/aromatic N) is 3. The zero-order chi connectivity index (χ0) is 19.8. The molecule has 2 aromatic rings. The van der Waals surface area contributed by atoms with Crippen LogP contribution in [-0.2, 0) is 22.6 Å². The molecule has 6 heteroatoms. The number of aromatic amines is 1. The van der Waals surface area contributed by atoms with E-state index in [2.05, 4.69) is 28.1 Å². The average Bonchev–Trinajstić information content (AvgIpc) is 3.06. The lowest BCUT2D eigenvalue weighted by molar-refractivity contribution is -0.157. The van der Waals surface area contributed by atoms with E-state index >= 15 is 0 Å². The van der Waals surface area contributed by atoms with E-state index in [-0.39, 0.29) is 24.4 Å². The molecule has 4 heterocycles. The van der Waals surface area contributed by atoms with Gasteiger partial charge in [0.15, 0.2) is 0 Å². The average molecular weight is 395 g/mol. The molecule has 1 aromatic carbocycles. The van der Waals surface area contributed by atoms with Crippen LogP contribution in [0.4, 0.5) is 0 Å². The number of aryl methyl sites for hydroxylation is 1. The summed E-state index contributed by atoms with van der Waals surface area (Å²) < 4.78 is 0. The fraction of sp³-hybridized carbons (Fsp3) is 0.565. The van der Waals surface area contributed by atoms with Crippen molar-refractivity contribution >= 4 is 22.7 Å². The molecule has 0 bridgehead atoms. The predicted octanol–water partition coefficient (Wildman–Crippen LogP) is 2.53. The number of piperazine rings is 1. The number of hydrogen-bond donors (Lipinski definition) is 1. The molecule has 1 unspecified atom stereocenters. The molecule has 2 saturated heterocycles. The van der Waals surface area contributed by atoms with Crippen LogP contribution in [0, 0.1) is 0 Å². The van der Waals surface area contributed by atoms with E-state index < -0.39 is 0 Å². The van der Waals surface area contributed by atoms with Gasteiger partial charge in [0.25, 0.3) is 0 Å². The van der Waals surface area contributed by atoms with Gasteiger partial charge in [-0.3, -0.25) is 9.59 Å². The van der Waals surface area contributed by atoms with Gasteiger partial charge in [-0.05, 0) is 56.8 Å². The minimum atomic E-state index is -0.308. The Morgan fingerprint density at radius 1 is 0.966 bits per heavy atom. The van der Waals surface area contributed by atoms with Gasteiger partial charge in [-0.1, -0.05) is 24.6 Å². The van der Waals surface area contributed by atoms with Gasteiger partial charge in [0.2, 0.25) is 11.8 Å². The lowest BCUT2D eigenvalue weighted by Crippen LogP contribution is -2.60. The smallest absolute Gasteiger partial charge is 0.245 e. The number of aromatic nitrogens is 1.